The van der Waals surface area contributed by atoms with Crippen molar-refractivity contribution in [3.05, 3.63) is 0 Å². The van der Waals surface area contributed by atoms with Crippen LogP contribution in [0.4, 0.5) is 12.0 Å². The molecule has 0 aliphatic rings. The summed E-state index contributed by atoms with van der Waals surface area (Å²) in [7, 11) is 0. The fourth-order valence-corrected chi connectivity index (χ4v) is 1.13. The van der Waals surface area contributed by atoms with Crippen LogP contribution >= 0.6 is 0 Å². The van der Waals surface area contributed by atoms with E-state index in [1.165, 1.54) is 0 Å². The molecule has 1 rings (SSSR count). The molecule has 0 aromatic carbocycles. The highest BCUT2D eigenvalue weighted by Gasteiger charge is 2.14. The van der Waals surface area contributed by atoms with Gasteiger partial charge in [0.25, 0.3) is 0 Å². The van der Waals surface area contributed by atoms with Crippen LogP contribution in [0.2, 0.25) is 0 Å². The molecule has 7 nitrogen and oxygen atoms in total. The summed E-state index contributed by atoms with van der Waals surface area (Å²) in [4.78, 5) is 12.4. The Labute approximate surface area is 87.4 Å². The Morgan fingerprint density at radius 1 is 1.53 bits per heavy atom. The van der Waals surface area contributed by atoms with E-state index < -0.39 is 5.91 Å². The molecular weight excluding hydrogens is 198 g/mol. The summed E-state index contributed by atoms with van der Waals surface area (Å²) >= 11 is 0. The first-order valence-electron chi connectivity index (χ1n) is 4.75. The van der Waals surface area contributed by atoms with Crippen molar-refractivity contribution in [2.45, 2.75) is 19.8 Å². The van der Waals surface area contributed by atoms with E-state index in [2.05, 4.69) is 10.2 Å². The van der Waals surface area contributed by atoms with E-state index in [4.69, 9.17) is 15.9 Å². The topological polar surface area (TPSA) is 111 Å². The molecule has 0 radical (unpaired) electrons. The average Bonchev–Trinajstić information content (AvgIpc) is 2.58. The summed E-state index contributed by atoms with van der Waals surface area (Å²) in [6.45, 7) is 2.74. The summed E-state index contributed by atoms with van der Waals surface area (Å²) in [6, 6.07) is 0.218. The minimum absolute atomic E-state index is 0.0176. The number of hydrogen-bond acceptors (Lipinski definition) is 6. The van der Waals surface area contributed by atoms with Crippen LogP contribution < -0.4 is 16.4 Å². The van der Waals surface area contributed by atoms with Gasteiger partial charge in [0.05, 0.1) is 0 Å². The van der Waals surface area contributed by atoms with Crippen LogP contribution in [0.1, 0.15) is 19.8 Å². The summed E-state index contributed by atoms with van der Waals surface area (Å²) in [5.41, 5.74) is 10.4. The normalized spacial score (nSPS) is 10.2. The molecule has 0 bridgehead atoms. The van der Waals surface area contributed by atoms with E-state index in [9.17, 15) is 4.79 Å². The van der Waals surface area contributed by atoms with Gasteiger partial charge in [-0.05, 0) is 6.42 Å². The summed E-state index contributed by atoms with van der Waals surface area (Å²) in [5, 5.41) is 7.22. The lowest BCUT2D eigenvalue weighted by atomic mass is 10.3. The predicted octanol–water partition coefficient (Wildman–Crippen LogP) is -0.256. The molecule has 0 atom stereocenters. The van der Waals surface area contributed by atoms with Crippen molar-refractivity contribution < 1.29 is 9.21 Å². The number of hydrogen-bond donors (Lipinski definition) is 2. The molecule has 0 fully saturated rings. The lowest BCUT2D eigenvalue weighted by molar-refractivity contribution is -0.116. The highest BCUT2D eigenvalue weighted by molar-refractivity contribution is 5.78. The molecule has 7 heteroatoms. The molecule has 84 valence electrons. The number of carbonyl (C=O) groups excluding carboxylic acids is 1. The number of nitrogens with zero attached hydrogens (tertiary/aromatic N) is 3. The zero-order chi connectivity index (χ0) is 11.3. The van der Waals surface area contributed by atoms with Crippen LogP contribution in [0.5, 0.6) is 0 Å². The van der Waals surface area contributed by atoms with Gasteiger partial charge < -0.3 is 20.8 Å². The SMILES string of the molecule is CCCCN(CC(N)=O)c1nnc(N)o1. The highest BCUT2D eigenvalue weighted by atomic mass is 16.4. The van der Waals surface area contributed by atoms with Gasteiger partial charge in [-0.15, -0.1) is 0 Å². The van der Waals surface area contributed by atoms with E-state index in [0.717, 1.165) is 12.8 Å². The van der Waals surface area contributed by atoms with Crippen molar-refractivity contribution >= 4 is 17.9 Å². The highest BCUT2D eigenvalue weighted by Crippen LogP contribution is 2.13. The van der Waals surface area contributed by atoms with Crippen LogP contribution in [0, 0.1) is 0 Å². The third-order valence-corrected chi connectivity index (χ3v) is 1.83. The minimum atomic E-state index is -0.442. The molecule has 1 aromatic rings. The molecule has 0 unspecified atom stereocenters. The van der Waals surface area contributed by atoms with Crippen molar-refractivity contribution in [1.29, 1.82) is 0 Å². The molecule has 1 amide bonds. The lowest BCUT2D eigenvalue weighted by Crippen LogP contribution is -2.34. The number of nitrogens with two attached hydrogens (primary N) is 2. The van der Waals surface area contributed by atoms with Gasteiger partial charge in [0.1, 0.15) is 6.54 Å². The Bertz CT molecular complexity index is 325. The van der Waals surface area contributed by atoms with Crippen LogP contribution in [-0.4, -0.2) is 29.2 Å². The first kappa shape index (κ1) is 11.3. The van der Waals surface area contributed by atoms with Gasteiger partial charge in [-0.25, -0.2) is 0 Å². The van der Waals surface area contributed by atoms with Gasteiger partial charge in [-0.2, -0.15) is 0 Å². The van der Waals surface area contributed by atoms with Crippen molar-refractivity contribution in [3.63, 3.8) is 0 Å². The molecule has 0 aliphatic heterocycles. The Morgan fingerprint density at radius 2 is 2.27 bits per heavy atom. The molecule has 1 aromatic heterocycles. The van der Waals surface area contributed by atoms with E-state index in [0.29, 0.717) is 6.54 Å². The standard InChI is InChI=1S/C8H15N5O2/c1-2-3-4-13(5-6(9)14)8-12-11-7(10)15-8/h2-5H2,1H3,(H2,9,14)(H2,10,11). The third kappa shape index (κ3) is 3.45. The van der Waals surface area contributed by atoms with Crippen molar-refractivity contribution in [1.82, 2.24) is 10.2 Å². The maximum absolute atomic E-state index is 10.8. The molecule has 0 spiro atoms. The number of unbranched alkanes of at least 4 members (excludes halogenated alkanes) is 1. The van der Waals surface area contributed by atoms with E-state index in [1.807, 2.05) is 6.92 Å². The number of anilines is 2. The van der Waals surface area contributed by atoms with Gasteiger partial charge in [-0.3, -0.25) is 4.79 Å². The number of rotatable bonds is 6. The number of aromatic nitrogens is 2. The molecular formula is C8H15N5O2. The second kappa shape index (κ2) is 5.18. The Morgan fingerprint density at radius 3 is 2.73 bits per heavy atom. The Kier molecular flexibility index (Phi) is 3.90. The molecule has 0 saturated heterocycles. The second-order valence-electron chi connectivity index (χ2n) is 3.16. The number of amides is 1. The zero-order valence-corrected chi connectivity index (χ0v) is 8.64. The summed E-state index contributed by atoms with van der Waals surface area (Å²) in [5.74, 6) is -0.442. The molecule has 0 saturated carbocycles. The van der Waals surface area contributed by atoms with Gasteiger partial charge >= 0.3 is 12.0 Å². The number of carbonyl (C=O) groups is 1. The lowest BCUT2D eigenvalue weighted by Gasteiger charge is -2.17. The largest absolute Gasteiger partial charge is 0.390 e. The first-order valence-corrected chi connectivity index (χ1v) is 4.75. The molecule has 4 N–H and O–H groups in total. The maximum atomic E-state index is 10.8. The van der Waals surface area contributed by atoms with Gasteiger partial charge in [0.2, 0.25) is 5.91 Å². The summed E-state index contributed by atoms with van der Waals surface area (Å²) < 4.78 is 5.02. The van der Waals surface area contributed by atoms with Crippen LogP contribution in [0.3, 0.4) is 0 Å². The van der Waals surface area contributed by atoms with Crippen LogP contribution in [-0.2, 0) is 4.79 Å². The van der Waals surface area contributed by atoms with Gasteiger partial charge in [0.15, 0.2) is 0 Å². The van der Waals surface area contributed by atoms with E-state index in [-0.39, 0.29) is 18.6 Å². The fraction of sp³-hybridized carbons (Fsp3) is 0.625. The molecule has 15 heavy (non-hydrogen) atoms. The van der Waals surface area contributed by atoms with Crippen LogP contribution in [0.15, 0.2) is 4.42 Å². The van der Waals surface area contributed by atoms with Crippen molar-refractivity contribution in [2.75, 3.05) is 23.7 Å². The molecule has 1 heterocycles. The zero-order valence-electron chi connectivity index (χ0n) is 8.64. The average molecular weight is 213 g/mol. The quantitative estimate of drug-likeness (QED) is 0.673. The minimum Gasteiger partial charge on any atom is -0.390 e. The van der Waals surface area contributed by atoms with E-state index >= 15 is 0 Å². The number of nitrogen functional groups attached to an aromatic ring is 1. The fourth-order valence-electron chi connectivity index (χ4n) is 1.13. The van der Waals surface area contributed by atoms with Gasteiger partial charge in [-0.1, -0.05) is 23.5 Å². The smallest absolute Gasteiger partial charge is 0.319 e. The molecule has 0 aliphatic carbocycles. The second-order valence-corrected chi connectivity index (χ2v) is 3.16. The monoisotopic (exact) mass is 213 g/mol. The number of primary amides is 1. The third-order valence-electron chi connectivity index (χ3n) is 1.83. The predicted molar refractivity (Wildman–Crippen MR) is 55.0 cm³/mol. The van der Waals surface area contributed by atoms with Crippen molar-refractivity contribution in [3.8, 4) is 0 Å². The van der Waals surface area contributed by atoms with Gasteiger partial charge in [0, 0.05) is 6.54 Å². The van der Waals surface area contributed by atoms with E-state index in [1.54, 1.807) is 4.90 Å². The Balaban J connectivity index is 2.66. The van der Waals surface area contributed by atoms with Crippen LogP contribution in [0.25, 0.3) is 0 Å². The van der Waals surface area contributed by atoms with Crippen molar-refractivity contribution in [2.24, 2.45) is 5.73 Å². The summed E-state index contributed by atoms with van der Waals surface area (Å²) in [6.07, 6.45) is 1.91. The first-order chi connectivity index (χ1) is 7.13. The Hall–Kier alpha value is -1.79. The maximum Gasteiger partial charge on any atom is 0.319 e.